The molecule has 0 unspecified atom stereocenters. The van der Waals surface area contributed by atoms with E-state index >= 15 is 0 Å². The first-order valence-electron chi connectivity index (χ1n) is 28.1. The summed E-state index contributed by atoms with van der Waals surface area (Å²) < 4.78 is 16.5. The van der Waals surface area contributed by atoms with E-state index in [1.807, 2.05) is 20.3 Å². The van der Waals surface area contributed by atoms with Crippen LogP contribution in [-0.2, 0) is 61.8 Å². The molecule has 0 radical (unpaired) electrons. The van der Waals surface area contributed by atoms with Gasteiger partial charge in [0.05, 0.1) is 0 Å². The van der Waals surface area contributed by atoms with Crippen LogP contribution in [0.4, 0.5) is 0 Å². The molecule has 0 fully saturated rings. The van der Waals surface area contributed by atoms with Gasteiger partial charge in [-0.1, -0.05) is 273 Å². The third-order valence-electron chi connectivity index (χ3n) is 11.8. The van der Waals surface area contributed by atoms with Gasteiger partial charge < -0.3 is 21.7 Å². The van der Waals surface area contributed by atoms with Crippen LogP contribution in [0.3, 0.4) is 0 Å². The molecule has 0 saturated carbocycles. The quantitative estimate of drug-likeness (QED) is 0.0310. The van der Waals surface area contributed by atoms with E-state index in [1.54, 1.807) is 0 Å². The fourth-order valence-electron chi connectivity index (χ4n) is 7.79. The van der Waals surface area contributed by atoms with E-state index in [9.17, 15) is 14.4 Å². The Kier molecular flexibility index (Phi) is 86.5. The van der Waals surface area contributed by atoms with E-state index in [2.05, 4.69) is 41.5 Å². The van der Waals surface area contributed by atoms with Crippen LogP contribution in [0.25, 0.3) is 0 Å². The van der Waals surface area contributed by atoms with Crippen molar-refractivity contribution in [1.82, 2.24) is 0 Å². The van der Waals surface area contributed by atoms with Crippen LogP contribution in [0.1, 0.15) is 325 Å². The number of carboxylic acid groups (broad SMARTS) is 3. The van der Waals surface area contributed by atoms with Gasteiger partial charge in [0.1, 0.15) is 0 Å². The third-order valence-corrected chi connectivity index (χ3v) is 11.8. The van der Waals surface area contributed by atoms with Crippen molar-refractivity contribution in [3.63, 3.8) is 0 Å². The first kappa shape index (κ1) is 77.9. The number of unbranched alkanes of at least 4 members (excludes halogenated alkanes) is 33. The molecule has 0 rings (SSSR count). The standard InChI is InChI=1S/3C18H36O2.C3H7.2O.2Ti/c3*1-17(2)15-13-11-9-7-5-3-4-6-8-10-12-14-16-18(19)20;1-3-2;;;;/h3*17H,3-16H2,1-2H3,(H,19,20);3H,1-2H3;;;;/q;;;-1;;;;+1. The Morgan fingerprint density at radius 1 is 0.313 bits per heavy atom. The molecule has 0 aromatic rings. The minimum absolute atomic E-state index is 0.344. The van der Waals surface area contributed by atoms with Gasteiger partial charge in [0.15, 0.2) is 0 Å². The molecule has 0 aliphatic rings. The van der Waals surface area contributed by atoms with E-state index in [0.717, 1.165) is 97.1 Å². The number of hydrogen-bond acceptors (Lipinski definition) is 5. The summed E-state index contributed by atoms with van der Waals surface area (Å²) in [6.07, 6.45) is 54.0. The molecule has 8 nitrogen and oxygen atoms in total. The van der Waals surface area contributed by atoms with Gasteiger partial charge in [-0.2, -0.15) is 13.8 Å². The van der Waals surface area contributed by atoms with Crippen LogP contribution in [-0.4, -0.2) is 33.2 Å². The zero-order valence-corrected chi connectivity index (χ0v) is 49.0. The minimum atomic E-state index is -0.654. The van der Waals surface area contributed by atoms with Crippen LogP contribution in [0.5, 0.6) is 0 Å². The summed E-state index contributed by atoms with van der Waals surface area (Å²) in [5.74, 6) is 0.636. The van der Waals surface area contributed by atoms with Crippen molar-refractivity contribution in [2.75, 3.05) is 0 Å². The second-order valence-electron chi connectivity index (χ2n) is 20.3. The summed E-state index contributed by atoms with van der Waals surface area (Å²) in [5.41, 5.74) is 0. The fourth-order valence-corrected chi connectivity index (χ4v) is 7.79. The summed E-state index contributed by atoms with van der Waals surface area (Å²) in [6, 6.07) is 0. The molecular formula is C57H115O8Ti2. The molecule has 0 atom stereocenters. The van der Waals surface area contributed by atoms with Crippen molar-refractivity contribution in [3.05, 3.63) is 6.42 Å². The summed E-state index contributed by atoms with van der Waals surface area (Å²) in [6.45, 7) is 17.8. The van der Waals surface area contributed by atoms with E-state index in [1.165, 1.54) is 212 Å². The van der Waals surface area contributed by atoms with E-state index in [0.29, 0.717) is 19.3 Å². The summed E-state index contributed by atoms with van der Waals surface area (Å²) in [5, 5.41) is 25.6. The van der Waals surface area contributed by atoms with Crippen molar-refractivity contribution < 1.29 is 77.2 Å². The fraction of sp³-hybridized carbons (Fsp3) is 0.930. The second kappa shape index (κ2) is 74.4. The average Bonchev–Trinajstić information content (AvgIpc) is 3.28. The van der Waals surface area contributed by atoms with Gasteiger partial charge in [-0.15, -0.1) is 0 Å². The zero-order valence-electron chi connectivity index (χ0n) is 45.9. The van der Waals surface area contributed by atoms with Crippen molar-refractivity contribution in [2.45, 2.75) is 325 Å². The number of aliphatic carboxylic acids is 3. The normalized spacial score (nSPS) is 10.4. The van der Waals surface area contributed by atoms with Crippen molar-refractivity contribution in [2.24, 2.45) is 17.8 Å². The first-order valence-corrected chi connectivity index (χ1v) is 29.4. The number of rotatable bonds is 45. The first-order chi connectivity index (χ1) is 32.3. The van der Waals surface area contributed by atoms with Gasteiger partial charge in [0.25, 0.3) is 0 Å². The Morgan fingerprint density at radius 3 is 0.522 bits per heavy atom. The zero-order chi connectivity index (χ0) is 51.9. The Balaban J connectivity index is -0.000000194. The molecule has 67 heavy (non-hydrogen) atoms. The molecule has 3 N–H and O–H groups in total. The molecular weight excluding hydrogens is 908 g/mol. The molecule has 0 bridgehead atoms. The number of hydrogen-bond donors (Lipinski definition) is 3. The van der Waals surface area contributed by atoms with Gasteiger partial charge in [-0.25, -0.2) is 0 Å². The van der Waals surface area contributed by atoms with Crippen molar-refractivity contribution in [3.8, 4) is 0 Å². The monoisotopic (exact) mass is 1020 g/mol. The Bertz CT molecular complexity index is 807. The van der Waals surface area contributed by atoms with Crippen molar-refractivity contribution >= 4 is 17.9 Å². The van der Waals surface area contributed by atoms with Gasteiger partial charge in [0.2, 0.25) is 0 Å². The molecule has 0 aromatic heterocycles. The molecule has 0 aliphatic carbocycles. The molecule has 0 amide bonds. The predicted molar refractivity (Wildman–Crippen MR) is 278 cm³/mol. The molecule has 399 valence electrons. The maximum atomic E-state index is 10.3. The van der Waals surface area contributed by atoms with Crippen molar-refractivity contribution in [1.29, 1.82) is 0 Å². The average molecular weight is 1020 g/mol. The maximum absolute atomic E-state index is 10.3. The Hall–Kier alpha value is -0.561. The van der Waals surface area contributed by atoms with E-state index < -0.39 is 17.9 Å². The molecule has 0 aliphatic heterocycles. The molecule has 0 spiro atoms. The van der Waals surface area contributed by atoms with E-state index in [4.69, 9.17) is 22.0 Å². The topological polar surface area (TPSA) is 146 Å². The summed E-state index contributed by atoms with van der Waals surface area (Å²) >= 11 is 1.50. The molecule has 0 aromatic carbocycles. The van der Waals surface area contributed by atoms with Crippen LogP contribution in [0.2, 0.25) is 0 Å². The molecule has 0 saturated heterocycles. The molecule has 0 heterocycles. The Labute approximate surface area is 441 Å². The predicted octanol–water partition coefficient (Wildman–Crippen LogP) is 19.6. The SMILES string of the molecule is CC(C)CCCCCCCCCCCCCCC(=O)O.CC(C)CCCCCCCCCCCCCCC(=O)O.CC(C)CCCCCCCCCCCCCCC(=O)O.C[CH-]C.[O]=[Ti+].[O]=[Ti]. The van der Waals surface area contributed by atoms with Gasteiger partial charge in [0, 0.05) is 19.3 Å². The summed E-state index contributed by atoms with van der Waals surface area (Å²) in [4.78, 5) is 31.0. The third kappa shape index (κ3) is 104. The summed E-state index contributed by atoms with van der Waals surface area (Å²) in [7, 11) is 0. The van der Waals surface area contributed by atoms with Gasteiger partial charge >= 0.3 is 65.4 Å². The van der Waals surface area contributed by atoms with Gasteiger partial charge in [-0.3, -0.25) is 14.4 Å². The van der Waals surface area contributed by atoms with Crippen LogP contribution < -0.4 is 0 Å². The number of carboxylic acids is 3. The van der Waals surface area contributed by atoms with Gasteiger partial charge in [-0.05, 0) is 37.0 Å². The van der Waals surface area contributed by atoms with Crippen LogP contribution in [0.15, 0.2) is 0 Å². The van der Waals surface area contributed by atoms with Crippen LogP contribution in [0, 0.1) is 24.2 Å². The van der Waals surface area contributed by atoms with E-state index in [-0.39, 0.29) is 0 Å². The van der Waals surface area contributed by atoms with Crippen LogP contribution >= 0.6 is 0 Å². The number of carbonyl (C=O) groups is 3. The Morgan fingerprint density at radius 2 is 0.418 bits per heavy atom. The molecule has 10 heteroatoms. The second-order valence-corrected chi connectivity index (χ2v) is 20.3.